The number of hydrogen-bond acceptors (Lipinski definition) is 2. The summed E-state index contributed by atoms with van der Waals surface area (Å²) in [6.07, 6.45) is 6.88. The fourth-order valence-corrected chi connectivity index (χ4v) is 2.30. The van der Waals surface area contributed by atoms with Crippen LogP contribution in [0.1, 0.15) is 66.2 Å². The smallest absolute Gasteiger partial charge is 0.410 e. The molecule has 1 amide bonds. The number of piperidine rings is 1. The zero-order chi connectivity index (χ0) is 12.9. The molecule has 1 saturated heterocycles. The van der Waals surface area contributed by atoms with Gasteiger partial charge < -0.3 is 9.64 Å². The molecule has 0 N–H and O–H groups in total. The van der Waals surface area contributed by atoms with Gasteiger partial charge in [-0.1, -0.05) is 19.8 Å². The highest BCUT2D eigenvalue weighted by Crippen LogP contribution is 2.23. The highest BCUT2D eigenvalue weighted by atomic mass is 16.6. The standard InChI is InChI=1S/C14H27NO2/c1-5-6-9-12-10-7-8-11-15(12)13(16)17-14(2,3)4/h12H,5-11H2,1-4H3/t12-/m1/s1. The molecule has 1 aliphatic heterocycles. The summed E-state index contributed by atoms with van der Waals surface area (Å²) < 4.78 is 5.47. The lowest BCUT2D eigenvalue weighted by Gasteiger charge is -2.36. The van der Waals surface area contributed by atoms with Gasteiger partial charge in [-0.2, -0.15) is 0 Å². The number of likely N-dealkylation sites (tertiary alicyclic amines) is 1. The van der Waals surface area contributed by atoms with Gasteiger partial charge in [0.1, 0.15) is 5.60 Å². The Morgan fingerprint density at radius 3 is 2.65 bits per heavy atom. The van der Waals surface area contributed by atoms with E-state index >= 15 is 0 Å². The van der Waals surface area contributed by atoms with E-state index in [0.29, 0.717) is 6.04 Å². The van der Waals surface area contributed by atoms with E-state index in [-0.39, 0.29) is 11.7 Å². The summed E-state index contributed by atoms with van der Waals surface area (Å²) in [5, 5.41) is 0. The monoisotopic (exact) mass is 241 g/mol. The first-order valence-electron chi connectivity index (χ1n) is 6.93. The second-order valence-electron chi connectivity index (χ2n) is 5.97. The maximum absolute atomic E-state index is 12.1. The summed E-state index contributed by atoms with van der Waals surface area (Å²) >= 11 is 0. The average Bonchev–Trinajstić information content (AvgIpc) is 2.24. The van der Waals surface area contributed by atoms with E-state index in [2.05, 4.69) is 6.92 Å². The number of amides is 1. The van der Waals surface area contributed by atoms with Crippen molar-refractivity contribution in [2.75, 3.05) is 6.54 Å². The molecule has 0 aromatic rings. The van der Waals surface area contributed by atoms with Crippen LogP contribution in [0, 0.1) is 0 Å². The third kappa shape index (κ3) is 4.97. The number of rotatable bonds is 3. The van der Waals surface area contributed by atoms with Crippen molar-refractivity contribution in [1.82, 2.24) is 4.90 Å². The second-order valence-corrected chi connectivity index (χ2v) is 5.97. The van der Waals surface area contributed by atoms with Gasteiger partial charge in [0.25, 0.3) is 0 Å². The zero-order valence-electron chi connectivity index (χ0n) is 11.8. The number of unbranched alkanes of at least 4 members (excludes halogenated alkanes) is 1. The molecular weight excluding hydrogens is 214 g/mol. The summed E-state index contributed by atoms with van der Waals surface area (Å²) in [5.41, 5.74) is -0.385. The number of ether oxygens (including phenoxy) is 1. The van der Waals surface area contributed by atoms with E-state index in [9.17, 15) is 4.79 Å². The molecule has 0 bridgehead atoms. The Labute approximate surface area is 106 Å². The molecular formula is C14H27NO2. The zero-order valence-corrected chi connectivity index (χ0v) is 11.8. The van der Waals surface area contributed by atoms with Crippen molar-refractivity contribution in [1.29, 1.82) is 0 Å². The molecule has 0 aliphatic carbocycles. The fourth-order valence-electron chi connectivity index (χ4n) is 2.30. The Balaban J connectivity index is 2.54. The number of hydrogen-bond donors (Lipinski definition) is 0. The van der Waals surface area contributed by atoms with E-state index in [1.165, 1.54) is 19.3 Å². The largest absolute Gasteiger partial charge is 0.444 e. The first kappa shape index (κ1) is 14.3. The molecule has 1 rings (SSSR count). The molecule has 0 aromatic heterocycles. The van der Waals surface area contributed by atoms with Crippen molar-refractivity contribution >= 4 is 6.09 Å². The van der Waals surface area contributed by atoms with Crippen LogP contribution >= 0.6 is 0 Å². The lowest BCUT2D eigenvalue weighted by molar-refractivity contribution is 0.00863. The SMILES string of the molecule is CCCC[C@@H]1CCCCN1C(=O)OC(C)(C)C. The maximum atomic E-state index is 12.1. The summed E-state index contributed by atoms with van der Waals surface area (Å²) in [7, 11) is 0. The van der Waals surface area contributed by atoms with Crippen LogP contribution in [0.2, 0.25) is 0 Å². The van der Waals surface area contributed by atoms with Crippen LogP contribution < -0.4 is 0 Å². The Kier molecular flexibility index (Phi) is 5.29. The Hall–Kier alpha value is -0.730. The van der Waals surface area contributed by atoms with Gasteiger partial charge >= 0.3 is 6.09 Å². The van der Waals surface area contributed by atoms with Crippen LogP contribution in [-0.4, -0.2) is 29.2 Å². The Morgan fingerprint density at radius 2 is 2.06 bits per heavy atom. The number of carbonyl (C=O) groups excluding carboxylic acids is 1. The van der Waals surface area contributed by atoms with Crippen LogP contribution in [0.4, 0.5) is 4.79 Å². The third-order valence-corrected chi connectivity index (χ3v) is 3.15. The minimum atomic E-state index is -0.385. The van der Waals surface area contributed by atoms with E-state index in [0.717, 1.165) is 25.8 Å². The highest BCUT2D eigenvalue weighted by Gasteiger charge is 2.29. The quantitative estimate of drug-likeness (QED) is 0.748. The van der Waals surface area contributed by atoms with Crippen LogP contribution in [0.3, 0.4) is 0 Å². The predicted molar refractivity (Wildman–Crippen MR) is 70.1 cm³/mol. The molecule has 100 valence electrons. The molecule has 17 heavy (non-hydrogen) atoms. The van der Waals surface area contributed by atoms with Crippen molar-refractivity contribution in [3.05, 3.63) is 0 Å². The molecule has 3 nitrogen and oxygen atoms in total. The normalized spacial score (nSPS) is 21.4. The molecule has 0 aromatic carbocycles. The molecule has 0 spiro atoms. The van der Waals surface area contributed by atoms with Gasteiger partial charge in [0, 0.05) is 12.6 Å². The lowest BCUT2D eigenvalue weighted by Crippen LogP contribution is -2.46. The van der Waals surface area contributed by atoms with Crippen molar-refractivity contribution < 1.29 is 9.53 Å². The van der Waals surface area contributed by atoms with Crippen molar-refractivity contribution in [2.45, 2.75) is 77.9 Å². The highest BCUT2D eigenvalue weighted by molar-refractivity contribution is 5.68. The van der Waals surface area contributed by atoms with E-state index in [1.807, 2.05) is 25.7 Å². The maximum Gasteiger partial charge on any atom is 0.410 e. The first-order chi connectivity index (χ1) is 7.94. The summed E-state index contributed by atoms with van der Waals surface area (Å²) in [6, 6.07) is 0.401. The van der Waals surface area contributed by atoms with Gasteiger partial charge in [-0.05, 0) is 46.5 Å². The van der Waals surface area contributed by atoms with Gasteiger partial charge in [0.05, 0.1) is 0 Å². The van der Waals surface area contributed by atoms with Crippen molar-refractivity contribution in [2.24, 2.45) is 0 Å². The first-order valence-corrected chi connectivity index (χ1v) is 6.93. The summed E-state index contributed by atoms with van der Waals surface area (Å²) in [5.74, 6) is 0. The second kappa shape index (κ2) is 6.27. The molecule has 3 heteroatoms. The molecule has 0 saturated carbocycles. The Morgan fingerprint density at radius 1 is 1.35 bits per heavy atom. The summed E-state index contributed by atoms with van der Waals surface area (Å²) in [6.45, 7) is 8.84. The minimum Gasteiger partial charge on any atom is -0.444 e. The van der Waals surface area contributed by atoms with Gasteiger partial charge in [-0.15, -0.1) is 0 Å². The van der Waals surface area contributed by atoms with Gasteiger partial charge in [-0.3, -0.25) is 0 Å². The lowest BCUT2D eigenvalue weighted by atomic mass is 9.98. The van der Waals surface area contributed by atoms with Crippen LogP contribution in [-0.2, 0) is 4.74 Å². The van der Waals surface area contributed by atoms with Crippen LogP contribution in [0.5, 0.6) is 0 Å². The van der Waals surface area contributed by atoms with E-state index in [1.54, 1.807) is 0 Å². The molecule has 1 atom stereocenters. The predicted octanol–water partition coefficient (Wildman–Crippen LogP) is 3.97. The molecule has 1 fully saturated rings. The van der Waals surface area contributed by atoms with Gasteiger partial charge in [0.15, 0.2) is 0 Å². The summed E-state index contributed by atoms with van der Waals surface area (Å²) in [4.78, 5) is 14.0. The van der Waals surface area contributed by atoms with Gasteiger partial charge in [-0.25, -0.2) is 4.79 Å². The van der Waals surface area contributed by atoms with Gasteiger partial charge in [0.2, 0.25) is 0 Å². The van der Waals surface area contributed by atoms with Crippen molar-refractivity contribution in [3.8, 4) is 0 Å². The molecule has 1 aliphatic rings. The third-order valence-electron chi connectivity index (χ3n) is 3.15. The number of carbonyl (C=O) groups is 1. The van der Waals surface area contributed by atoms with E-state index < -0.39 is 0 Å². The number of nitrogens with zero attached hydrogens (tertiary/aromatic N) is 1. The van der Waals surface area contributed by atoms with Crippen LogP contribution in [0.15, 0.2) is 0 Å². The molecule has 0 radical (unpaired) electrons. The van der Waals surface area contributed by atoms with Crippen LogP contribution in [0.25, 0.3) is 0 Å². The molecule has 1 heterocycles. The Bertz CT molecular complexity index is 245. The van der Waals surface area contributed by atoms with Crippen molar-refractivity contribution in [3.63, 3.8) is 0 Å². The minimum absolute atomic E-state index is 0.127. The average molecular weight is 241 g/mol. The fraction of sp³-hybridized carbons (Fsp3) is 0.929. The molecule has 0 unspecified atom stereocenters. The topological polar surface area (TPSA) is 29.5 Å². The van der Waals surface area contributed by atoms with E-state index in [4.69, 9.17) is 4.74 Å².